The maximum Gasteiger partial charge on any atom is 0.319 e. The van der Waals surface area contributed by atoms with E-state index in [-0.39, 0.29) is 35.9 Å². The lowest BCUT2D eigenvalue weighted by Gasteiger charge is -2.40. The number of pyridine rings is 1. The molecular weight excluding hydrogens is 456 g/mol. The van der Waals surface area contributed by atoms with Crippen molar-refractivity contribution in [2.75, 3.05) is 25.5 Å². The van der Waals surface area contributed by atoms with E-state index in [0.29, 0.717) is 61.7 Å². The van der Waals surface area contributed by atoms with Crippen molar-refractivity contribution in [2.45, 2.75) is 50.2 Å². The lowest BCUT2D eigenvalue weighted by atomic mass is 9.84. The number of aliphatic hydroxyl groups is 1. The van der Waals surface area contributed by atoms with Crippen LogP contribution in [0, 0.1) is 5.92 Å². The third-order valence-corrected chi connectivity index (χ3v) is 7.02. The molecule has 1 saturated heterocycles. The van der Waals surface area contributed by atoms with Crippen LogP contribution in [0.3, 0.4) is 0 Å². The number of methoxy groups -OCH3 is 1. The summed E-state index contributed by atoms with van der Waals surface area (Å²) in [5.74, 6) is 0.576. The SMILES string of the molecule is COc1ccc([C@@H]2CN(C(=O)C3CCC(O)CC3)CC[C@H]2NC(=O)Nc2ccc(Cl)cc2)nc1. The van der Waals surface area contributed by atoms with Crippen molar-refractivity contribution < 1.29 is 19.4 Å². The molecule has 9 heteroatoms. The fourth-order valence-corrected chi connectivity index (χ4v) is 4.93. The monoisotopic (exact) mass is 486 g/mol. The van der Waals surface area contributed by atoms with Crippen molar-refractivity contribution >= 4 is 29.2 Å². The van der Waals surface area contributed by atoms with Gasteiger partial charge in [0.15, 0.2) is 0 Å². The maximum absolute atomic E-state index is 13.2. The van der Waals surface area contributed by atoms with Gasteiger partial charge in [-0.15, -0.1) is 0 Å². The molecule has 0 bridgehead atoms. The Balaban J connectivity index is 1.47. The van der Waals surface area contributed by atoms with Gasteiger partial charge in [-0.25, -0.2) is 4.79 Å². The molecular formula is C25H31ClN4O4. The van der Waals surface area contributed by atoms with Crippen LogP contribution in [0.4, 0.5) is 10.5 Å². The van der Waals surface area contributed by atoms with Crippen LogP contribution in [0.5, 0.6) is 5.75 Å². The summed E-state index contributed by atoms with van der Waals surface area (Å²) in [5.41, 5.74) is 1.45. The molecule has 1 aliphatic carbocycles. The second-order valence-corrected chi connectivity index (χ2v) is 9.46. The van der Waals surface area contributed by atoms with Crippen molar-refractivity contribution in [3.63, 3.8) is 0 Å². The number of benzene rings is 1. The summed E-state index contributed by atoms with van der Waals surface area (Å²) in [5, 5.41) is 16.3. The van der Waals surface area contributed by atoms with Crippen molar-refractivity contribution in [1.82, 2.24) is 15.2 Å². The predicted molar refractivity (Wildman–Crippen MR) is 130 cm³/mol. The number of likely N-dealkylation sites (tertiary alicyclic amines) is 1. The molecule has 3 amide bonds. The Bertz CT molecular complexity index is 977. The predicted octanol–water partition coefficient (Wildman–Crippen LogP) is 3.80. The molecule has 1 aromatic carbocycles. The number of halogens is 1. The Morgan fingerprint density at radius 1 is 1.09 bits per heavy atom. The molecule has 1 saturated carbocycles. The molecule has 2 heterocycles. The number of ether oxygens (including phenoxy) is 1. The molecule has 182 valence electrons. The zero-order valence-corrected chi connectivity index (χ0v) is 20.0. The van der Waals surface area contributed by atoms with E-state index >= 15 is 0 Å². The minimum atomic E-state index is -0.313. The quantitative estimate of drug-likeness (QED) is 0.596. The number of piperidine rings is 1. The molecule has 0 unspecified atom stereocenters. The summed E-state index contributed by atoms with van der Waals surface area (Å²) in [6.07, 6.45) is 4.75. The average molecular weight is 487 g/mol. The molecule has 0 spiro atoms. The molecule has 2 aliphatic rings. The number of hydrogen-bond donors (Lipinski definition) is 3. The molecule has 2 fully saturated rings. The van der Waals surface area contributed by atoms with E-state index in [4.69, 9.17) is 16.3 Å². The highest BCUT2D eigenvalue weighted by Gasteiger charge is 2.37. The van der Waals surface area contributed by atoms with Crippen LogP contribution in [0.2, 0.25) is 5.02 Å². The fraction of sp³-hybridized carbons (Fsp3) is 0.480. The number of urea groups is 1. The van der Waals surface area contributed by atoms with Gasteiger partial charge in [0.05, 0.1) is 19.4 Å². The molecule has 1 aliphatic heterocycles. The van der Waals surface area contributed by atoms with Gasteiger partial charge in [0.1, 0.15) is 5.75 Å². The Hall–Kier alpha value is -2.84. The van der Waals surface area contributed by atoms with Crippen LogP contribution in [0.1, 0.15) is 43.7 Å². The Kier molecular flexibility index (Phi) is 7.90. The van der Waals surface area contributed by atoms with Crippen molar-refractivity contribution in [3.8, 4) is 5.75 Å². The normalized spacial score (nSPS) is 24.9. The minimum Gasteiger partial charge on any atom is -0.495 e. The first-order valence-corrected chi connectivity index (χ1v) is 12.1. The van der Waals surface area contributed by atoms with E-state index in [2.05, 4.69) is 15.6 Å². The summed E-state index contributed by atoms with van der Waals surface area (Å²) in [4.78, 5) is 32.4. The Morgan fingerprint density at radius 3 is 2.47 bits per heavy atom. The lowest BCUT2D eigenvalue weighted by Crippen LogP contribution is -2.53. The molecule has 8 nitrogen and oxygen atoms in total. The third kappa shape index (κ3) is 5.98. The number of nitrogens with zero attached hydrogens (tertiary/aromatic N) is 2. The highest BCUT2D eigenvalue weighted by atomic mass is 35.5. The summed E-state index contributed by atoms with van der Waals surface area (Å²) in [6.45, 7) is 1.04. The number of amides is 3. The number of carbonyl (C=O) groups is 2. The van der Waals surface area contributed by atoms with Crippen LogP contribution in [-0.2, 0) is 4.79 Å². The van der Waals surface area contributed by atoms with Gasteiger partial charge in [-0.2, -0.15) is 0 Å². The van der Waals surface area contributed by atoms with Gasteiger partial charge in [-0.05, 0) is 68.5 Å². The number of rotatable bonds is 5. The average Bonchev–Trinajstić information content (AvgIpc) is 2.86. The number of aliphatic hydroxyl groups excluding tert-OH is 1. The first-order chi connectivity index (χ1) is 16.4. The van der Waals surface area contributed by atoms with Gasteiger partial charge in [-0.1, -0.05) is 11.6 Å². The van der Waals surface area contributed by atoms with Gasteiger partial charge in [0, 0.05) is 47.4 Å². The topological polar surface area (TPSA) is 104 Å². The Labute approximate surface area is 204 Å². The first-order valence-electron chi connectivity index (χ1n) is 11.7. The molecule has 2 aromatic rings. The van der Waals surface area contributed by atoms with E-state index in [1.54, 1.807) is 37.6 Å². The molecule has 34 heavy (non-hydrogen) atoms. The summed E-state index contributed by atoms with van der Waals surface area (Å²) >= 11 is 5.93. The van der Waals surface area contributed by atoms with E-state index in [0.717, 1.165) is 5.69 Å². The number of hydrogen-bond acceptors (Lipinski definition) is 5. The molecule has 2 atom stereocenters. The van der Waals surface area contributed by atoms with E-state index in [1.165, 1.54) is 0 Å². The summed E-state index contributed by atoms with van der Waals surface area (Å²) in [6, 6.07) is 10.2. The molecule has 3 N–H and O–H groups in total. The van der Waals surface area contributed by atoms with Gasteiger partial charge >= 0.3 is 6.03 Å². The van der Waals surface area contributed by atoms with Crippen molar-refractivity contribution in [1.29, 1.82) is 0 Å². The van der Waals surface area contributed by atoms with Gasteiger partial charge in [0.25, 0.3) is 0 Å². The van der Waals surface area contributed by atoms with Crippen LogP contribution in [0.25, 0.3) is 0 Å². The van der Waals surface area contributed by atoms with Crippen molar-refractivity contribution in [3.05, 3.63) is 53.3 Å². The number of nitrogens with one attached hydrogen (secondary N) is 2. The number of aromatic nitrogens is 1. The standard InChI is InChI=1S/C25H31ClN4O4/c1-34-20-10-11-22(27-14-20)21-15-30(24(32)16-2-8-19(31)9-3-16)13-12-23(21)29-25(33)28-18-6-4-17(26)5-7-18/h4-7,10-11,14,16,19,21,23,31H,2-3,8-9,12-13,15H2,1H3,(H2,28,29,33)/t16?,19?,21-,23+/m0/s1. The zero-order chi connectivity index (χ0) is 24.1. The summed E-state index contributed by atoms with van der Waals surface area (Å²) < 4.78 is 5.23. The van der Waals surface area contributed by atoms with Gasteiger partial charge < -0.3 is 25.4 Å². The largest absolute Gasteiger partial charge is 0.495 e. The van der Waals surface area contributed by atoms with Crippen LogP contribution in [-0.4, -0.2) is 59.3 Å². The van der Waals surface area contributed by atoms with Gasteiger partial charge in [-0.3, -0.25) is 9.78 Å². The second-order valence-electron chi connectivity index (χ2n) is 9.02. The van der Waals surface area contributed by atoms with Crippen LogP contribution >= 0.6 is 11.6 Å². The molecule has 1 aromatic heterocycles. The van der Waals surface area contributed by atoms with E-state index in [9.17, 15) is 14.7 Å². The maximum atomic E-state index is 13.2. The summed E-state index contributed by atoms with van der Waals surface area (Å²) in [7, 11) is 1.59. The number of carbonyl (C=O) groups excluding carboxylic acids is 2. The molecule has 4 rings (SSSR count). The smallest absolute Gasteiger partial charge is 0.319 e. The van der Waals surface area contributed by atoms with Crippen molar-refractivity contribution in [2.24, 2.45) is 5.92 Å². The molecule has 0 radical (unpaired) electrons. The lowest BCUT2D eigenvalue weighted by molar-refractivity contribution is -0.138. The third-order valence-electron chi connectivity index (χ3n) is 6.76. The Morgan fingerprint density at radius 2 is 1.82 bits per heavy atom. The highest BCUT2D eigenvalue weighted by molar-refractivity contribution is 6.30. The van der Waals surface area contributed by atoms with E-state index in [1.807, 2.05) is 17.0 Å². The minimum absolute atomic E-state index is 0.0504. The number of anilines is 1. The first kappa shape index (κ1) is 24.3. The van der Waals surface area contributed by atoms with Crippen LogP contribution in [0.15, 0.2) is 42.6 Å². The highest BCUT2D eigenvalue weighted by Crippen LogP contribution is 2.31. The van der Waals surface area contributed by atoms with E-state index < -0.39 is 0 Å². The van der Waals surface area contributed by atoms with Crippen LogP contribution < -0.4 is 15.4 Å². The van der Waals surface area contributed by atoms with Gasteiger partial charge in [0.2, 0.25) is 5.91 Å². The second kappa shape index (κ2) is 11.1. The zero-order valence-electron chi connectivity index (χ0n) is 19.2. The fourth-order valence-electron chi connectivity index (χ4n) is 4.81.